The summed E-state index contributed by atoms with van der Waals surface area (Å²) in [5.41, 5.74) is -0.157. The number of benzene rings is 1. The van der Waals surface area contributed by atoms with Gasteiger partial charge in [-0.05, 0) is 23.6 Å². The van der Waals surface area contributed by atoms with Crippen molar-refractivity contribution in [3.63, 3.8) is 0 Å². The van der Waals surface area contributed by atoms with E-state index in [1.165, 1.54) is 29.5 Å². The van der Waals surface area contributed by atoms with Crippen molar-refractivity contribution in [3.05, 3.63) is 56.2 Å². The average Bonchev–Trinajstić information content (AvgIpc) is 3.29. The van der Waals surface area contributed by atoms with Crippen molar-refractivity contribution in [1.82, 2.24) is 10.6 Å². The SMILES string of the molecule is COC(=O)N[C@@H](Cc1cccs1)C(=O)N[C@@H](CC(=O)O)C(=O)COC(=O)c1c(Cl)cccc1Cl. The molecule has 0 saturated carbocycles. The summed E-state index contributed by atoms with van der Waals surface area (Å²) in [6.45, 7) is -0.849. The predicted octanol–water partition coefficient (Wildman–Crippen LogP) is 2.71. The lowest BCUT2D eigenvalue weighted by Gasteiger charge is -2.21. The van der Waals surface area contributed by atoms with E-state index in [9.17, 15) is 24.0 Å². The number of hydrogen-bond donors (Lipinski definition) is 3. The number of ether oxygens (including phenoxy) is 2. The van der Waals surface area contributed by atoms with Crippen LogP contribution in [0, 0.1) is 0 Å². The summed E-state index contributed by atoms with van der Waals surface area (Å²) in [5, 5.41) is 15.6. The van der Waals surface area contributed by atoms with E-state index >= 15 is 0 Å². The van der Waals surface area contributed by atoms with E-state index in [0.717, 1.165) is 12.0 Å². The van der Waals surface area contributed by atoms with Crippen molar-refractivity contribution in [2.24, 2.45) is 0 Å². The fraction of sp³-hybridized carbons (Fsp3) is 0.286. The summed E-state index contributed by atoms with van der Waals surface area (Å²) in [7, 11) is 1.12. The number of ketones is 1. The third-order valence-electron chi connectivity index (χ3n) is 4.38. The van der Waals surface area contributed by atoms with Crippen molar-refractivity contribution in [1.29, 1.82) is 0 Å². The van der Waals surface area contributed by atoms with E-state index in [2.05, 4.69) is 15.4 Å². The molecule has 13 heteroatoms. The van der Waals surface area contributed by atoms with Gasteiger partial charge in [-0.25, -0.2) is 9.59 Å². The summed E-state index contributed by atoms with van der Waals surface area (Å²) in [6.07, 6.45) is -1.59. The molecule has 34 heavy (non-hydrogen) atoms. The van der Waals surface area contributed by atoms with Gasteiger partial charge in [0.1, 0.15) is 12.1 Å². The molecule has 2 rings (SSSR count). The van der Waals surface area contributed by atoms with Crippen LogP contribution in [0.5, 0.6) is 0 Å². The number of alkyl carbamates (subject to hydrolysis) is 1. The molecule has 3 N–H and O–H groups in total. The minimum Gasteiger partial charge on any atom is -0.481 e. The van der Waals surface area contributed by atoms with E-state index in [0.29, 0.717) is 0 Å². The molecule has 2 atom stereocenters. The Kier molecular flexibility index (Phi) is 10.3. The summed E-state index contributed by atoms with van der Waals surface area (Å²) < 4.78 is 9.46. The van der Waals surface area contributed by atoms with E-state index in [1.54, 1.807) is 17.5 Å². The zero-order chi connectivity index (χ0) is 25.3. The topological polar surface area (TPSA) is 148 Å². The van der Waals surface area contributed by atoms with Gasteiger partial charge in [-0.1, -0.05) is 35.3 Å². The molecule has 1 aromatic carbocycles. The van der Waals surface area contributed by atoms with Crippen molar-refractivity contribution in [2.75, 3.05) is 13.7 Å². The number of amides is 2. The van der Waals surface area contributed by atoms with E-state index in [1.807, 2.05) is 0 Å². The molecule has 2 aromatic rings. The zero-order valence-corrected chi connectivity index (χ0v) is 20.0. The molecule has 0 aliphatic carbocycles. The Balaban J connectivity index is 2.10. The molecule has 10 nitrogen and oxygen atoms in total. The normalized spacial score (nSPS) is 12.2. The number of esters is 1. The molecule has 0 spiro atoms. The highest BCUT2D eigenvalue weighted by Crippen LogP contribution is 2.25. The Labute approximate surface area is 208 Å². The number of thiophene rings is 1. The highest BCUT2D eigenvalue weighted by atomic mass is 35.5. The maximum absolute atomic E-state index is 12.8. The molecule has 0 bridgehead atoms. The van der Waals surface area contributed by atoms with Gasteiger partial charge in [0.25, 0.3) is 0 Å². The molecule has 0 radical (unpaired) electrons. The third kappa shape index (κ3) is 8.01. The van der Waals surface area contributed by atoms with Crippen molar-refractivity contribution in [3.8, 4) is 0 Å². The lowest BCUT2D eigenvalue weighted by molar-refractivity contribution is -0.140. The molecular formula is C21H20Cl2N2O8S. The summed E-state index contributed by atoms with van der Waals surface area (Å²) in [6, 6.07) is 5.12. The predicted molar refractivity (Wildman–Crippen MR) is 123 cm³/mol. The first-order valence-electron chi connectivity index (χ1n) is 9.65. The van der Waals surface area contributed by atoms with E-state index < -0.39 is 54.8 Å². The van der Waals surface area contributed by atoms with Crippen LogP contribution in [-0.2, 0) is 30.3 Å². The average molecular weight is 531 g/mol. The maximum Gasteiger partial charge on any atom is 0.407 e. The van der Waals surface area contributed by atoms with Crippen LogP contribution in [0.1, 0.15) is 21.7 Å². The number of carboxylic acid groups (broad SMARTS) is 1. The molecule has 2 amide bonds. The molecule has 182 valence electrons. The summed E-state index contributed by atoms with van der Waals surface area (Å²) in [4.78, 5) is 61.4. The molecule has 0 saturated heterocycles. The van der Waals surface area contributed by atoms with Gasteiger partial charge in [0.05, 0.1) is 29.1 Å². The Morgan fingerprint density at radius 2 is 1.71 bits per heavy atom. The number of methoxy groups -OCH3 is 1. The van der Waals surface area contributed by atoms with Crippen molar-refractivity contribution in [2.45, 2.75) is 24.9 Å². The van der Waals surface area contributed by atoms with E-state index in [-0.39, 0.29) is 22.0 Å². The van der Waals surface area contributed by atoms with Gasteiger partial charge in [0.15, 0.2) is 12.4 Å². The van der Waals surface area contributed by atoms with Gasteiger partial charge in [0, 0.05) is 11.3 Å². The first-order valence-corrected chi connectivity index (χ1v) is 11.3. The largest absolute Gasteiger partial charge is 0.481 e. The van der Waals surface area contributed by atoms with Gasteiger partial charge in [-0.3, -0.25) is 14.4 Å². The zero-order valence-electron chi connectivity index (χ0n) is 17.7. The molecule has 1 heterocycles. The highest BCUT2D eigenvalue weighted by Gasteiger charge is 2.30. The number of carbonyl (C=O) groups is 5. The Morgan fingerprint density at radius 3 is 2.26 bits per heavy atom. The lowest BCUT2D eigenvalue weighted by Crippen LogP contribution is -2.53. The molecule has 0 aliphatic rings. The van der Waals surface area contributed by atoms with Crippen LogP contribution in [0.3, 0.4) is 0 Å². The lowest BCUT2D eigenvalue weighted by atomic mass is 10.1. The number of aliphatic carboxylic acids is 1. The van der Waals surface area contributed by atoms with Crippen LogP contribution < -0.4 is 10.6 Å². The van der Waals surface area contributed by atoms with Gasteiger partial charge in [-0.15, -0.1) is 11.3 Å². The highest BCUT2D eigenvalue weighted by molar-refractivity contribution is 7.09. The van der Waals surface area contributed by atoms with Crippen molar-refractivity contribution < 1.29 is 38.6 Å². The molecule has 0 aliphatic heterocycles. The van der Waals surface area contributed by atoms with Gasteiger partial charge < -0.3 is 25.2 Å². The Hall–Kier alpha value is -3.15. The monoisotopic (exact) mass is 530 g/mol. The number of Topliss-reactive ketones (excluding diaryl/α,β-unsaturated/α-hetero) is 1. The summed E-state index contributed by atoms with van der Waals surface area (Å²) >= 11 is 13.2. The van der Waals surface area contributed by atoms with Crippen LogP contribution in [0.25, 0.3) is 0 Å². The molecule has 0 fully saturated rings. The second kappa shape index (κ2) is 12.9. The third-order valence-corrected chi connectivity index (χ3v) is 5.90. The van der Waals surface area contributed by atoms with Crippen molar-refractivity contribution >= 4 is 64.3 Å². The fourth-order valence-electron chi connectivity index (χ4n) is 2.73. The van der Waals surface area contributed by atoms with Crippen LogP contribution in [-0.4, -0.2) is 60.6 Å². The number of rotatable bonds is 11. The Bertz CT molecular complexity index is 1040. The van der Waals surface area contributed by atoms with Crippen LogP contribution in [0.2, 0.25) is 10.0 Å². The van der Waals surface area contributed by atoms with Crippen LogP contribution in [0.4, 0.5) is 4.79 Å². The Morgan fingerprint density at radius 1 is 1.03 bits per heavy atom. The quantitative estimate of drug-likeness (QED) is 0.375. The maximum atomic E-state index is 12.8. The van der Waals surface area contributed by atoms with Gasteiger partial charge in [-0.2, -0.15) is 0 Å². The minimum atomic E-state index is -1.54. The number of nitrogens with one attached hydrogen (secondary N) is 2. The van der Waals surface area contributed by atoms with Crippen LogP contribution in [0.15, 0.2) is 35.7 Å². The summed E-state index contributed by atoms with van der Waals surface area (Å²) in [5.74, 6) is -4.08. The van der Waals surface area contributed by atoms with Crippen LogP contribution >= 0.6 is 34.5 Å². The number of carbonyl (C=O) groups excluding carboxylic acids is 4. The standard InChI is InChI=1S/C21H20Cl2N2O8S/c1-32-21(31)25-15(8-11-4-3-7-34-11)19(29)24-14(9-17(27)28)16(26)10-33-20(30)18-12(22)5-2-6-13(18)23/h2-7,14-15H,8-10H2,1H3,(H,24,29)(H,25,31)(H,27,28)/t14-,15-/m0/s1. The number of halogens is 2. The molecule has 1 aromatic heterocycles. The molecule has 0 unspecified atom stereocenters. The van der Waals surface area contributed by atoms with E-state index in [4.69, 9.17) is 33.0 Å². The minimum absolute atomic E-state index is 0.00522. The molecular weight excluding hydrogens is 511 g/mol. The first kappa shape index (κ1) is 27.1. The van der Waals surface area contributed by atoms with Gasteiger partial charge in [0.2, 0.25) is 5.91 Å². The second-order valence-electron chi connectivity index (χ2n) is 6.77. The first-order chi connectivity index (χ1) is 16.1. The fourth-order valence-corrected chi connectivity index (χ4v) is 4.04. The van der Waals surface area contributed by atoms with Gasteiger partial charge >= 0.3 is 18.0 Å². The number of hydrogen-bond acceptors (Lipinski definition) is 8. The number of carboxylic acids is 1. The smallest absolute Gasteiger partial charge is 0.407 e. The second-order valence-corrected chi connectivity index (χ2v) is 8.62.